The molecular formula is C23H25N5O3. The Morgan fingerprint density at radius 1 is 1.10 bits per heavy atom. The van der Waals surface area contributed by atoms with Crippen molar-refractivity contribution >= 4 is 5.71 Å². The predicted octanol–water partition coefficient (Wildman–Crippen LogP) is 2.88. The van der Waals surface area contributed by atoms with E-state index < -0.39 is 17.3 Å². The molecule has 8 nitrogen and oxygen atoms in total. The van der Waals surface area contributed by atoms with Crippen LogP contribution in [0.25, 0.3) is 0 Å². The number of methoxy groups -OCH3 is 3. The number of rotatable bonds is 5. The van der Waals surface area contributed by atoms with Gasteiger partial charge in [-0.25, -0.2) is 0 Å². The predicted molar refractivity (Wildman–Crippen MR) is 113 cm³/mol. The zero-order chi connectivity index (χ0) is 22.8. The average molecular weight is 419 g/mol. The maximum absolute atomic E-state index is 10.2. The van der Waals surface area contributed by atoms with Crippen LogP contribution in [0.4, 0.5) is 0 Å². The van der Waals surface area contributed by atoms with Crippen molar-refractivity contribution in [2.24, 2.45) is 17.3 Å². The van der Waals surface area contributed by atoms with Crippen LogP contribution in [-0.2, 0) is 0 Å². The van der Waals surface area contributed by atoms with Crippen LogP contribution in [0.1, 0.15) is 18.4 Å². The number of nitrogens with zero attached hydrogens (tertiary/aromatic N) is 4. The van der Waals surface area contributed by atoms with Crippen LogP contribution in [-0.4, -0.2) is 51.6 Å². The largest absolute Gasteiger partial charge is 0.493 e. The average Bonchev–Trinajstić information content (AvgIpc) is 2.82. The molecule has 8 heteroatoms. The van der Waals surface area contributed by atoms with E-state index in [-0.39, 0.29) is 11.6 Å². The molecule has 1 aromatic carbocycles. The van der Waals surface area contributed by atoms with Gasteiger partial charge in [-0.15, -0.1) is 0 Å². The molecule has 0 saturated heterocycles. The van der Waals surface area contributed by atoms with Crippen molar-refractivity contribution in [3.05, 3.63) is 29.3 Å². The summed E-state index contributed by atoms with van der Waals surface area (Å²) in [6.45, 7) is 4.09. The fraction of sp³-hybridized carbons (Fsp3) is 0.478. The number of nitriles is 3. The van der Waals surface area contributed by atoms with Gasteiger partial charge in [-0.2, -0.15) is 15.8 Å². The van der Waals surface area contributed by atoms with E-state index in [0.29, 0.717) is 35.9 Å². The number of hydrogen-bond acceptors (Lipinski definition) is 8. The molecule has 160 valence electrons. The van der Waals surface area contributed by atoms with Crippen molar-refractivity contribution in [3.8, 4) is 35.5 Å². The van der Waals surface area contributed by atoms with Crippen molar-refractivity contribution in [2.45, 2.75) is 12.8 Å². The fourth-order valence-electron chi connectivity index (χ4n) is 4.78. The summed E-state index contributed by atoms with van der Waals surface area (Å²) in [5.41, 5.74) is -0.528. The Bertz CT molecular complexity index is 1000. The highest BCUT2D eigenvalue weighted by Gasteiger charge is 2.57. The maximum Gasteiger partial charge on any atom is 0.203 e. The highest BCUT2D eigenvalue weighted by atomic mass is 16.5. The molecule has 1 unspecified atom stereocenters. The molecule has 1 aliphatic carbocycles. The van der Waals surface area contributed by atoms with E-state index in [9.17, 15) is 15.8 Å². The second kappa shape index (κ2) is 8.68. The normalized spacial score (nSPS) is 24.6. The van der Waals surface area contributed by atoms with Gasteiger partial charge >= 0.3 is 0 Å². The highest BCUT2D eigenvalue weighted by Crippen LogP contribution is 2.55. The Labute approximate surface area is 182 Å². The maximum atomic E-state index is 10.2. The molecule has 1 N–H and O–H groups in total. The Kier molecular flexibility index (Phi) is 6.20. The lowest BCUT2D eigenvalue weighted by Gasteiger charge is -2.47. The van der Waals surface area contributed by atoms with Crippen LogP contribution in [0.3, 0.4) is 0 Å². The molecule has 0 bridgehead atoms. The molecule has 0 aromatic heterocycles. The van der Waals surface area contributed by atoms with Crippen LogP contribution in [0, 0.1) is 56.7 Å². The quantitative estimate of drug-likeness (QED) is 0.727. The van der Waals surface area contributed by atoms with Gasteiger partial charge in [0.2, 0.25) is 5.75 Å². The third kappa shape index (κ3) is 3.28. The molecule has 31 heavy (non-hydrogen) atoms. The van der Waals surface area contributed by atoms with Gasteiger partial charge in [-0.05, 0) is 29.8 Å². The second-order valence-electron chi connectivity index (χ2n) is 7.61. The Morgan fingerprint density at radius 2 is 1.71 bits per heavy atom. The first kappa shape index (κ1) is 22.2. The lowest BCUT2D eigenvalue weighted by molar-refractivity contribution is 0.211. The Balaban J connectivity index is 2.32. The summed E-state index contributed by atoms with van der Waals surface area (Å²) in [6, 6.07) is 9.84. The van der Waals surface area contributed by atoms with E-state index in [4.69, 9.17) is 19.6 Å². The van der Waals surface area contributed by atoms with Crippen LogP contribution in [0.15, 0.2) is 23.8 Å². The number of fused-ring (bicyclic) bond motifs is 1. The van der Waals surface area contributed by atoms with Gasteiger partial charge in [0.05, 0.1) is 45.2 Å². The molecule has 0 spiro atoms. The van der Waals surface area contributed by atoms with E-state index >= 15 is 0 Å². The lowest BCUT2D eigenvalue weighted by Crippen LogP contribution is -2.52. The molecule has 1 saturated carbocycles. The molecule has 1 heterocycles. The van der Waals surface area contributed by atoms with E-state index in [1.54, 1.807) is 12.1 Å². The summed E-state index contributed by atoms with van der Waals surface area (Å²) >= 11 is 0. The molecule has 0 radical (unpaired) electrons. The SMILES string of the molecule is CCN1CC=C2C(C#N)C(=N)C(C#N)(C#N)[C@@H](c3cc(OC)c(OC)c(OC)c3)[C@H]2C1. The first-order valence-electron chi connectivity index (χ1n) is 9.99. The monoisotopic (exact) mass is 419 g/mol. The molecule has 2 aliphatic rings. The first-order chi connectivity index (χ1) is 15.0. The molecule has 3 atom stereocenters. The van der Waals surface area contributed by atoms with Gasteiger partial charge in [0, 0.05) is 24.9 Å². The van der Waals surface area contributed by atoms with Crippen LogP contribution in [0.2, 0.25) is 0 Å². The van der Waals surface area contributed by atoms with Gasteiger partial charge < -0.3 is 19.6 Å². The van der Waals surface area contributed by atoms with E-state index in [2.05, 4.69) is 23.1 Å². The van der Waals surface area contributed by atoms with Crippen LogP contribution >= 0.6 is 0 Å². The topological polar surface area (TPSA) is 126 Å². The summed E-state index contributed by atoms with van der Waals surface area (Å²) in [4.78, 5) is 2.20. The molecule has 3 rings (SSSR count). The minimum atomic E-state index is -1.79. The zero-order valence-electron chi connectivity index (χ0n) is 18.1. The Morgan fingerprint density at radius 3 is 2.16 bits per heavy atom. The van der Waals surface area contributed by atoms with E-state index in [1.165, 1.54) is 21.3 Å². The molecular weight excluding hydrogens is 394 g/mol. The van der Waals surface area contributed by atoms with Crippen LogP contribution < -0.4 is 14.2 Å². The van der Waals surface area contributed by atoms with Crippen molar-refractivity contribution < 1.29 is 14.2 Å². The summed E-state index contributed by atoms with van der Waals surface area (Å²) in [5.74, 6) is -0.623. The van der Waals surface area contributed by atoms with Crippen molar-refractivity contribution in [1.29, 1.82) is 21.2 Å². The highest BCUT2D eigenvalue weighted by molar-refractivity contribution is 6.00. The standard InChI is InChI=1S/C23H25N5O3/c1-5-28-7-6-15-16(10-24)22(27)23(12-25,13-26)20(17(15)11-28)14-8-18(29-2)21(31-4)19(9-14)30-3/h6,8-9,16-17,20,27H,5,7,11H2,1-4H3/t16?,17-,20-/m0/s1. The van der Waals surface area contributed by atoms with Crippen molar-refractivity contribution in [1.82, 2.24) is 4.90 Å². The number of likely N-dealkylation sites (N-methyl/N-ethyl adjacent to an activating group) is 1. The van der Waals surface area contributed by atoms with Gasteiger partial charge in [-0.3, -0.25) is 4.90 Å². The van der Waals surface area contributed by atoms with E-state index in [1.807, 2.05) is 13.0 Å². The summed E-state index contributed by atoms with van der Waals surface area (Å²) in [5, 5.41) is 38.9. The van der Waals surface area contributed by atoms with Gasteiger partial charge in [0.25, 0.3) is 0 Å². The summed E-state index contributed by atoms with van der Waals surface area (Å²) in [7, 11) is 4.51. The fourth-order valence-corrected chi connectivity index (χ4v) is 4.78. The van der Waals surface area contributed by atoms with E-state index in [0.717, 1.165) is 12.1 Å². The third-order valence-corrected chi connectivity index (χ3v) is 6.36. The zero-order valence-corrected chi connectivity index (χ0v) is 18.1. The third-order valence-electron chi connectivity index (χ3n) is 6.36. The molecule has 1 aliphatic heterocycles. The van der Waals surface area contributed by atoms with Crippen molar-refractivity contribution in [2.75, 3.05) is 41.0 Å². The summed E-state index contributed by atoms with van der Waals surface area (Å²) in [6.07, 6.45) is 1.98. The minimum absolute atomic E-state index is 0.175. The molecule has 0 amide bonds. The van der Waals surface area contributed by atoms with Gasteiger partial charge in [-0.1, -0.05) is 13.0 Å². The first-order valence-corrected chi connectivity index (χ1v) is 9.99. The number of nitrogens with one attached hydrogen (secondary N) is 1. The number of benzene rings is 1. The number of hydrogen-bond donors (Lipinski definition) is 1. The van der Waals surface area contributed by atoms with Crippen molar-refractivity contribution in [3.63, 3.8) is 0 Å². The Hall–Kier alpha value is -3.54. The number of ether oxygens (including phenoxy) is 3. The van der Waals surface area contributed by atoms with Crippen LogP contribution in [0.5, 0.6) is 17.2 Å². The second-order valence-corrected chi connectivity index (χ2v) is 7.61. The minimum Gasteiger partial charge on any atom is -0.493 e. The smallest absolute Gasteiger partial charge is 0.203 e. The van der Waals surface area contributed by atoms with Gasteiger partial charge in [0.15, 0.2) is 16.9 Å². The summed E-state index contributed by atoms with van der Waals surface area (Å²) < 4.78 is 16.4. The van der Waals surface area contributed by atoms with Gasteiger partial charge in [0.1, 0.15) is 5.92 Å². The molecule has 1 aromatic rings. The molecule has 1 fully saturated rings. The lowest BCUT2D eigenvalue weighted by atomic mass is 9.54.